The van der Waals surface area contributed by atoms with E-state index in [0.29, 0.717) is 23.6 Å². The van der Waals surface area contributed by atoms with Crippen LogP contribution in [0.3, 0.4) is 0 Å². The van der Waals surface area contributed by atoms with Gasteiger partial charge in [-0.3, -0.25) is 9.59 Å². The first kappa shape index (κ1) is 15.6. The van der Waals surface area contributed by atoms with Gasteiger partial charge in [-0.2, -0.15) is 0 Å². The summed E-state index contributed by atoms with van der Waals surface area (Å²) in [5, 5.41) is 3.30. The van der Waals surface area contributed by atoms with E-state index in [1.807, 2.05) is 31.2 Å². The lowest BCUT2D eigenvalue weighted by Gasteiger charge is -2.17. The third kappa shape index (κ3) is 3.37. The SMILES string of the molecule is Cc1ccc(N2C[C@H](NC(=O)c3ccccc3Cl)CC2=O)cc1. The first-order chi connectivity index (χ1) is 11.0. The molecule has 118 valence electrons. The summed E-state index contributed by atoms with van der Waals surface area (Å²) >= 11 is 6.03. The standard InChI is InChI=1S/C18H17ClN2O2/c1-12-6-8-14(9-7-12)21-11-13(10-17(21)22)20-18(23)15-4-2-3-5-16(15)19/h2-9,13H,10-11H2,1H3,(H,20,23)/t13-/m1/s1. The molecule has 1 heterocycles. The molecule has 0 aromatic heterocycles. The summed E-state index contributed by atoms with van der Waals surface area (Å²) in [4.78, 5) is 26.2. The number of hydrogen-bond donors (Lipinski definition) is 1. The highest BCUT2D eigenvalue weighted by atomic mass is 35.5. The fourth-order valence-corrected chi connectivity index (χ4v) is 2.91. The first-order valence-corrected chi connectivity index (χ1v) is 7.85. The van der Waals surface area contributed by atoms with Crippen molar-refractivity contribution in [3.05, 3.63) is 64.7 Å². The van der Waals surface area contributed by atoms with Gasteiger partial charge in [0, 0.05) is 18.7 Å². The van der Waals surface area contributed by atoms with Crippen molar-refractivity contribution < 1.29 is 9.59 Å². The smallest absolute Gasteiger partial charge is 0.253 e. The van der Waals surface area contributed by atoms with Crippen LogP contribution in [0.25, 0.3) is 0 Å². The normalized spacial score (nSPS) is 17.4. The number of carbonyl (C=O) groups excluding carboxylic acids is 2. The highest BCUT2D eigenvalue weighted by Gasteiger charge is 2.31. The van der Waals surface area contributed by atoms with Crippen LogP contribution in [0.4, 0.5) is 5.69 Å². The summed E-state index contributed by atoms with van der Waals surface area (Å²) in [6.07, 6.45) is 0.296. The number of amides is 2. The number of carbonyl (C=O) groups is 2. The van der Waals surface area contributed by atoms with Gasteiger partial charge in [-0.25, -0.2) is 0 Å². The predicted octanol–water partition coefficient (Wildman–Crippen LogP) is 3.18. The second kappa shape index (κ2) is 6.42. The van der Waals surface area contributed by atoms with Crippen LogP contribution in [-0.4, -0.2) is 24.4 Å². The Bertz CT molecular complexity index is 743. The van der Waals surface area contributed by atoms with Crippen LogP contribution in [0, 0.1) is 6.92 Å². The lowest BCUT2D eigenvalue weighted by molar-refractivity contribution is -0.117. The molecule has 2 aromatic rings. The molecule has 23 heavy (non-hydrogen) atoms. The summed E-state index contributed by atoms with van der Waals surface area (Å²) < 4.78 is 0. The number of rotatable bonds is 3. The molecule has 4 nitrogen and oxygen atoms in total. The van der Waals surface area contributed by atoms with Crippen LogP contribution >= 0.6 is 11.6 Å². The highest BCUT2D eigenvalue weighted by Crippen LogP contribution is 2.22. The van der Waals surface area contributed by atoms with Crippen LogP contribution in [0.2, 0.25) is 5.02 Å². The van der Waals surface area contributed by atoms with E-state index in [1.54, 1.807) is 29.2 Å². The van der Waals surface area contributed by atoms with E-state index in [9.17, 15) is 9.59 Å². The second-order valence-electron chi connectivity index (χ2n) is 5.69. The van der Waals surface area contributed by atoms with Crippen molar-refractivity contribution in [2.24, 2.45) is 0 Å². The number of halogens is 1. The molecule has 1 atom stereocenters. The maximum atomic E-state index is 12.3. The summed E-state index contributed by atoms with van der Waals surface area (Å²) in [5.74, 6) is -0.238. The minimum absolute atomic E-state index is 0.0123. The molecule has 5 heteroatoms. The van der Waals surface area contributed by atoms with Gasteiger partial charge in [-0.15, -0.1) is 0 Å². The van der Waals surface area contributed by atoms with E-state index in [1.165, 1.54) is 0 Å². The maximum Gasteiger partial charge on any atom is 0.253 e. The predicted molar refractivity (Wildman–Crippen MR) is 90.9 cm³/mol. The Morgan fingerprint density at radius 1 is 1.17 bits per heavy atom. The summed E-state index contributed by atoms with van der Waals surface area (Å²) in [5.41, 5.74) is 2.43. The van der Waals surface area contributed by atoms with Crippen molar-refractivity contribution in [3.8, 4) is 0 Å². The summed E-state index contributed by atoms with van der Waals surface area (Å²) in [7, 11) is 0. The molecule has 3 rings (SSSR count). The molecule has 1 saturated heterocycles. The van der Waals surface area contributed by atoms with E-state index < -0.39 is 0 Å². The van der Waals surface area contributed by atoms with Gasteiger partial charge in [0.05, 0.1) is 16.6 Å². The Hall–Kier alpha value is -2.33. The van der Waals surface area contributed by atoms with Gasteiger partial charge in [0.2, 0.25) is 5.91 Å². The van der Waals surface area contributed by atoms with Crippen LogP contribution < -0.4 is 10.2 Å². The molecule has 0 spiro atoms. The van der Waals surface area contributed by atoms with E-state index in [-0.39, 0.29) is 17.9 Å². The molecule has 0 saturated carbocycles. The van der Waals surface area contributed by atoms with Crippen molar-refractivity contribution >= 4 is 29.1 Å². The summed E-state index contributed by atoms with van der Waals surface area (Å²) in [6.45, 7) is 2.47. The highest BCUT2D eigenvalue weighted by molar-refractivity contribution is 6.33. The lowest BCUT2D eigenvalue weighted by Crippen LogP contribution is -2.37. The molecular formula is C18H17ClN2O2. The zero-order valence-corrected chi connectivity index (χ0v) is 13.5. The van der Waals surface area contributed by atoms with Crippen LogP contribution in [0.5, 0.6) is 0 Å². The zero-order valence-electron chi connectivity index (χ0n) is 12.8. The van der Waals surface area contributed by atoms with Crippen LogP contribution in [0.15, 0.2) is 48.5 Å². The summed E-state index contributed by atoms with van der Waals surface area (Å²) in [6, 6.07) is 14.5. The molecule has 0 radical (unpaired) electrons. The van der Waals surface area contributed by atoms with E-state index in [0.717, 1.165) is 11.3 Å². The largest absolute Gasteiger partial charge is 0.347 e. The maximum absolute atomic E-state index is 12.3. The van der Waals surface area contributed by atoms with E-state index in [2.05, 4.69) is 5.32 Å². The Kier molecular flexibility index (Phi) is 4.35. The third-order valence-corrected chi connectivity index (χ3v) is 4.25. The molecule has 1 fully saturated rings. The van der Waals surface area contributed by atoms with Gasteiger partial charge >= 0.3 is 0 Å². The van der Waals surface area contributed by atoms with Crippen LogP contribution in [0.1, 0.15) is 22.3 Å². The van der Waals surface area contributed by atoms with E-state index >= 15 is 0 Å². The average molecular weight is 329 g/mol. The molecule has 0 aliphatic carbocycles. The molecular weight excluding hydrogens is 312 g/mol. The Labute approximate surface area is 140 Å². The Morgan fingerprint density at radius 3 is 2.57 bits per heavy atom. The minimum Gasteiger partial charge on any atom is -0.347 e. The van der Waals surface area contributed by atoms with Gasteiger partial charge in [0.1, 0.15) is 0 Å². The number of anilines is 1. The van der Waals surface area contributed by atoms with E-state index in [4.69, 9.17) is 11.6 Å². The molecule has 0 bridgehead atoms. The fraction of sp³-hybridized carbons (Fsp3) is 0.222. The van der Waals surface area contributed by atoms with Crippen molar-refractivity contribution in [2.45, 2.75) is 19.4 Å². The van der Waals surface area contributed by atoms with Crippen molar-refractivity contribution in [1.82, 2.24) is 5.32 Å². The van der Waals surface area contributed by atoms with Crippen LogP contribution in [-0.2, 0) is 4.79 Å². The number of nitrogens with zero attached hydrogens (tertiary/aromatic N) is 1. The molecule has 1 aliphatic heterocycles. The number of benzene rings is 2. The zero-order chi connectivity index (χ0) is 16.4. The van der Waals surface area contributed by atoms with Gasteiger partial charge < -0.3 is 10.2 Å². The van der Waals surface area contributed by atoms with Gasteiger partial charge in [0.15, 0.2) is 0 Å². The molecule has 2 aromatic carbocycles. The first-order valence-electron chi connectivity index (χ1n) is 7.47. The average Bonchev–Trinajstić information content (AvgIpc) is 2.89. The number of hydrogen-bond acceptors (Lipinski definition) is 2. The van der Waals surface area contributed by atoms with Gasteiger partial charge in [-0.1, -0.05) is 41.4 Å². The number of aryl methyl sites for hydroxylation is 1. The van der Waals surface area contributed by atoms with Gasteiger partial charge in [-0.05, 0) is 31.2 Å². The molecule has 1 N–H and O–H groups in total. The topological polar surface area (TPSA) is 49.4 Å². The fourth-order valence-electron chi connectivity index (χ4n) is 2.69. The molecule has 0 unspecified atom stereocenters. The van der Waals surface area contributed by atoms with Crippen molar-refractivity contribution in [3.63, 3.8) is 0 Å². The Balaban J connectivity index is 1.69. The Morgan fingerprint density at radius 2 is 1.87 bits per heavy atom. The van der Waals surface area contributed by atoms with Gasteiger partial charge in [0.25, 0.3) is 5.91 Å². The monoisotopic (exact) mass is 328 g/mol. The van der Waals surface area contributed by atoms with Crippen molar-refractivity contribution in [1.29, 1.82) is 0 Å². The quantitative estimate of drug-likeness (QED) is 0.940. The molecule has 2 amide bonds. The molecule has 1 aliphatic rings. The number of nitrogens with one attached hydrogen (secondary N) is 1. The third-order valence-electron chi connectivity index (χ3n) is 3.92. The van der Waals surface area contributed by atoms with Crippen molar-refractivity contribution in [2.75, 3.05) is 11.4 Å². The minimum atomic E-state index is -0.251. The second-order valence-corrected chi connectivity index (χ2v) is 6.10. The lowest BCUT2D eigenvalue weighted by atomic mass is 10.2.